The minimum absolute atomic E-state index is 0.227. The van der Waals surface area contributed by atoms with Crippen molar-refractivity contribution in [1.82, 2.24) is 16.1 Å². The van der Waals surface area contributed by atoms with Gasteiger partial charge in [-0.3, -0.25) is 4.79 Å². The van der Waals surface area contributed by atoms with Crippen molar-refractivity contribution in [1.29, 1.82) is 0 Å². The molecule has 212 valence electrons. The van der Waals surface area contributed by atoms with Crippen molar-refractivity contribution in [2.75, 3.05) is 26.9 Å². The van der Waals surface area contributed by atoms with Crippen molar-refractivity contribution >= 4 is 35.4 Å². The lowest BCUT2D eigenvalue weighted by Gasteiger charge is -2.30. The summed E-state index contributed by atoms with van der Waals surface area (Å²) in [5.74, 6) is 0.673. The number of hydrogen-bond donors (Lipinski definition) is 3. The van der Waals surface area contributed by atoms with E-state index in [-0.39, 0.29) is 13.2 Å². The molecule has 0 radical (unpaired) electrons. The van der Waals surface area contributed by atoms with Gasteiger partial charge in [0.05, 0.1) is 38.2 Å². The molecule has 10 nitrogen and oxygen atoms in total. The van der Waals surface area contributed by atoms with E-state index in [2.05, 4.69) is 27.7 Å². The zero-order valence-corrected chi connectivity index (χ0v) is 23.9. The first-order chi connectivity index (χ1) is 19.3. The van der Waals surface area contributed by atoms with Gasteiger partial charge in [0.1, 0.15) is 5.75 Å². The maximum Gasteiger partial charge on any atom is 0.338 e. The van der Waals surface area contributed by atoms with Crippen LogP contribution in [-0.2, 0) is 20.7 Å². The summed E-state index contributed by atoms with van der Waals surface area (Å²) in [7, 11) is 1.56. The molecule has 2 aromatic rings. The molecule has 40 heavy (non-hydrogen) atoms. The molecule has 0 aromatic heterocycles. The molecule has 0 bridgehead atoms. The molecule has 3 N–H and O–H groups in total. The van der Waals surface area contributed by atoms with Gasteiger partial charge in [-0.15, -0.1) is 6.58 Å². The Morgan fingerprint density at radius 2 is 1.93 bits per heavy atom. The van der Waals surface area contributed by atoms with Crippen LogP contribution in [-0.4, -0.2) is 50.1 Å². The number of hydrogen-bond acceptors (Lipinski definition) is 8. The SMILES string of the molecule is C=CCc1cc(C=NNC(=O)COc2ccccc2[C@H]2NC(=S)NC(C)=C2C(=O)OCC)cc(OC)c1OCC. The van der Waals surface area contributed by atoms with Crippen molar-refractivity contribution in [2.45, 2.75) is 33.2 Å². The molecule has 1 atom stereocenters. The Kier molecular flexibility index (Phi) is 11.1. The third-order valence-corrected chi connectivity index (χ3v) is 6.00. The number of nitrogens with one attached hydrogen (secondary N) is 3. The van der Waals surface area contributed by atoms with Crippen LogP contribution < -0.4 is 30.3 Å². The topological polar surface area (TPSA) is 120 Å². The lowest BCUT2D eigenvalue weighted by atomic mass is 9.95. The number of esters is 1. The highest BCUT2D eigenvalue weighted by Gasteiger charge is 2.32. The van der Waals surface area contributed by atoms with E-state index in [0.29, 0.717) is 57.8 Å². The maximum absolute atomic E-state index is 12.7. The number of ether oxygens (including phenoxy) is 4. The van der Waals surface area contributed by atoms with Gasteiger partial charge in [0.2, 0.25) is 0 Å². The number of carbonyl (C=O) groups is 2. The number of benzene rings is 2. The van der Waals surface area contributed by atoms with Crippen LogP contribution >= 0.6 is 12.2 Å². The molecule has 0 unspecified atom stereocenters. The Hall–Kier alpha value is -4.38. The average molecular weight is 567 g/mol. The van der Waals surface area contributed by atoms with Gasteiger partial charge in [0.15, 0.2) is 23.2 Å². The minimum Gasteiger partial charge on any atom is -0.493 e. The number of carbonyl (C=O) groups excluding carboxylic acids is 2. The molecule has 0 spiro atoms. The number of nitrogens with zero attached hydrogens (tertiary/aromatic N) is 1. The summed E-state index contributed by atoms with van der Waals surface area (Å²) in [6.45, 7) is 9.60. The second-order valence-electron chi connectivity index (χ2n) is 8.55. The van der Waals surface area contributed by atoms with Crippen molar-refractivity contribution in [3.8, 4) is 17.2 Å². The first kappa shape index (κ1) is 30.2. The second kappa shape index (κ2) is 14.7. The average Bonchev–Trinajstić information content (AvgIpc) is 2.93. The molecule has 1 amide bonds. The number of hydrazone groups is 1. The van der Waals surface area contributed by atoms with Gasteiger partial charge < -0.3 is 29.6 Å². The Morgan fingerprint density at radius 3 is 2.62 bits per heavy atom. The van der Waals surface area contributed by atoms with E-state index in [0.717, 1.165) is 5.56 Å². The second-order valence-corrected chi connectivity index (χ2v) is 8.96. The first-order valence-corrected chi connectivity index (χ1v) is 13.2. The number of methoxy groups -OCH3 is 1. The van der Waals surface area contributed by atoms with Gasteiger partial charge in [-0.1, -0.05) is 24.3 Å². The Balaban J connectivity index is 1.72. The molecule has 1 heterocycles. The molecule has 0 fully saturated rings. The highest BCUT2D eigenvalue weighted by Crippen LogP contribution is 2.34. The van der Waals surface area contributed by atoms with Gasteiger partial charge in [-0.2, -0.15) is 5.10 Å². The fraction of sp³-hybridized carbons (Fsp3) is 0.310. The highest BCUT2D eigenvalue weighted by atomic mass is 32.1. The first-order valence-electron chi connectivity index (χ1n) is 12.8. The predicted molar refractivity (Wildman–Crippen MR) is 157 cm³/mol. The molecular weight excluding hydrogens is 532 g/mol. The quantitative estimate of drug-likeness (QED) is 0.110. The van der Waals surface area contributed by atoms with E-state index in [1.165, 1.54) is 6.21 Å². The van der Waals surface area contributed by atoms with Gasteiger partial charge in [-0.05, 0) is 63.2 Å². The van der Waals surface area contributed by atoms with Crippen molar-refractivity contribution in [3.05, 3.63) is 77.0 Å². The Bertz CT molecular complexity index is 1320. The summed E-state index contributed by atoms with van der Waals surface area (Å²) in [6, 6.07) is 10.1. The molecule has 1 aliphatic heterocycles. The summed E-state index contributed by atoms with van der Waals surface area (Å²) in [5, 5.41) is 10.5. The zero-order chi connectivity index (χ0) is 29.1. The smallest absolute Gasteiger partial charge is 0.338 e. The fourth-order valence-corrected chi connectivity index (χ4v) is 4.41. The monoisotopic (exact) mass is 566 g/mol. The van der Waals surface area contributed by atoms with Crippen molar-refractivity contribution in [3.63, 3.8) is 0 Å². The molecule has 0 aliphatic carbocycles. The van der Waals surface area contributed by atoms with Crippen molar-refractivity contribution in [2.24, 2.45) is 5.10 Å². The normalized spacial score (nSPS) is 14.7. The molecule has 0 saturated heterocycles. The van der Waals surface area contributed by atoms with Crippen molar-refractivity contribution < 1.29 is 28.5 Å². The van der Waals surface area contributed by atoms with E-state index >= 15 is 0 Å². The summed E-state index contributed by atoms with van der Waals surface area (Å²) in [6.07, 6.45) is 3.86. The lowest BCUT2D eigenvalue weighted by Crippen LogP contribution is -2.45. The van der Waals surface area contributed by atoms with Crippen LogP contribution in [0.2, 0.25) is 0 Å². The van der Waals surface area contributed by atoms with E-state index in [4.69, 9.17) is 31.2 Å². The van der Waals surface area contributed by atoms with Crippen LogP contribution in [0.15, 0.2) is 65.4 Å². The van der Waals surface area contributed by atoms with E-state index in [1.54, 1.807) is 51.3 Å². The van der Waals surface area contributed by atoms with Crippen LogP contribution in [0, 0.1) is 0 Å². The number of thiocarbonyl (C=S) groups is 1. The molecule has 3 rings (SSSR count). The third-order valence-electron chi connectivity index (χ3n) is 5.78. The minimum atomic E-state index is -0.621. The van der Waals surface area contributed by atoms with Crippen LogP contribution in [0.3, 0.4) is 0 Å². The molecule has 1 aliphatic rings. The Morgan fingerprint density at radius 1 is 1.15 bits per heavy atom. The van der Waals surface area contributed by atoms with E-state index in [1.807, 2.05) is 19.1 Å². The molecule has 2 aromatic carbocycles. The number of amides is 1. The zero-order valence-electron chi connectivity index (χ0n) is 23.0. The van der Waals surface area contributed by atoms with Crippen LogP contribution in [0.4, 0.5) is 0 Å². The lowest BCUT2D eigenvalue weighted by molar-refractivity contribution is -0.139. The van der Waals surface area contributed by atoms with Crippen LogP contribution in [0.5, 0.6) is 17.2 Å². The fourth-order valence-electron chi connectivity index (χ4n) is 4.14. The summed E-state index contributed by atoms with van der Waals surface area (Å²) >= 11 is 5.31. The van der Waals surface area contributed by atoms with E-state index in [9.17, 15) is 9.59 Å². The third kappa shape index (κ3) is 7.60. The molecule has 0 saturated carbocycles. The molecular formula is C29H34N4O6S. The van der Waals surface area contributed by atoms with E-state index < -0.39 is 17.9 Å². The maximum atomic E-state index is 12.7. The number of para-hydroxylation sites is 1. The molecule has 11 heteroatoms. The standard InChI is InChI=1S/C29H34N4O6S/c1-6-11-20-14-19(15-23(36-5)27(20)37-7-2)16-30-33-24(34)17-39-22-13-10-9-12-21(22)26-25(28(35)38-8-3)18(4)31-29(40)32-26/h6,9-10,12-16,26H,1,7-8,11,17H2,2-5H3,(H,33,34)(H2,31,32,40)/t26-/m1/s1. The van der Waals surface area contributed by atoms with Gasteiger partial charge in [0.25, 0.3) is 5.91 Å². The Labute approximate surface area is 239 Å². The predicted octanol–water partition coefficient (Wildman–Crippen LogP) is 3.71. The summed E-state index contributed by atoms with van der Waals surface area (Å²) < 4.78 is 22.3. The van der Waals surface area contributed by atoms with Gasteiger partial charge >= 0.3 is 5.97 Å². The summed E-state index contributed by atoms with van der Waals surface area (Å²) in [5.41, 5.74) is 5.66. The largest absolute Gasteiger partial charge is 0.493 e. The van der Waals surface area contributed by atoms with Gasteiger partial charge in [-0.25, -0.2) is 10.2 Å². The summed E-state index contributed by atoms with van der Waals surface area (Å²) in [4.78, 5) is 25.3. The van der Waals surface area contributed by atoms with Crippen LogP contribution in [0.25, 0.3) is 0 Å². The van der Waals surface area contributed by atoms with Gasteiger partial charge in [0, 0.05) is 16.8 Å². The van der Waals surface area contributed by atoms with Crippen LogP contribution in [0.1, 0.15) is 43.5 Å². The number of allylic oxidation sites excluding steroid dienone is 2. The highest BCUT2D eigenvalue weighted by molar-refractivity contribution is 7.80. The number of rotatable bonds is 13.